The Morgan fingerprint density at radius 3 is 2.40 bits per heavy atom. The molecule has 0 bridgehead atoms. The highest BCUT2D eigenvalue weighted by molar-refractivity contribution is 6.26. The zero-order valence-corrected chi connectivity index (χ0v) is 13.0. The number of anilines is 1. The maximum absolute atomic E-state index is 12.4. The van der Waals surface area contributed by atoms with Gasteiger partial charge in [-0.05, 0) is 30.4 Å². The summed E-state index contributed by atoms with van der Waals surface area (Å²) in [5, 5.41) is 13.5. The van der Waals surface area contributed by atoms with E-state index in [0.717, 1.165) is 4.90 Å². The van der Waals surface area contributed by atoms with E-state index in [1.165, 1.54) is 24.3 Å². The molecular weight excluding hydrogens is 322 g/mol. The summed E-state index contributed by atoms with van der Waals surface area (Å²) in [7, 11) is 0. The normalized spacial score (nSPS) is 15.8. The summed E-state index contributed by atoms with van der Waals surface area (Å²) >= 11 is 0. The molecule has 7 heteroatoms. The third-order valence-corrected chi connectivity index (χ3v) is 3.56. The van der Waals surface area contributed by atoms with Gasteiger partial charge in [0, 0.05) is 6.07 Å². The lowest BCUT2D eigenvalue weighted by Gasteiger charge is -2.10. The second kappa shape index (κ2) is 6.79. The number of rotatable bonds is 4. The van der Waals surface area contributed by atoms with Gasteiger partial charge in [-0.15, -0.1) is 0 Å². The van der Waals surface area contributed by atoms with E-state index in [2.05, 4.69) is 5.32 Å². The third kappa shape index (κ3) is 3.30. The van der Waals surface area contributed by atoms with Gasteiger partial charge in [-0.1, -0.05) is 36.4 Å². The average Bonchev–Trinajstić information content (AvgIpc) is 2.90. The van der Waals surface area contributed by atoms with Gasteiger partial charge < -0.3 is 5.32 Å². The number of benzene rings is 2. The van der Waals surface area contributed by atoms with Crippen molar-refractivity contribution < 1.29 is 14.5 Å². The molecule has 3 amide bonds. The number of carbonyl (C=O) groups excluding carboxylic acids is 2. The molecule has 0 radical (unpaired) electrons. The Labute approximate surface area is 143 Å². The van der Waals surface area contributed by atoms with E-state index in [1.54, 1.807) is 48.5 Å². The predicted octanol–water partition coefficient (Wildman–Crippen LogP) is 3.25. The van der Waals surface area contributed by atoms with Crippen LogP contribution in [0.4, 0.5) is 16.2 Å². The number of hydrogen-bond acceptors (Lipinski definition) is 4. The van der Waals surface area contributed by atoms with E-state index < -0.39 is 16.9 Å². The van der Waals surface area contributed by atoms with Crippen LogP contribution in [0.3, 0.4) is 0 Å². The Morgan fingerprint density at radius 1 is 1.00 bits per heavy atom. The average molecular weight is 335 g/mol. The molecule has 1 heterocycles. The summed E-state index contributed by atoms with van der Waals surface area (Å²) in [4.78, 5) is 35.9. The van der Waals surface area contributed by atoms with Crippen molar-refractivity contribution in [2.75, 3.05) is 4.90 Å². The molecule has 0 aliphatic carbocycles. The number of nitrogens with one attached hydrogen (secondary N) is 1. The SMILES string of the molecule is O=C1NC(=CC=Cc2ccccc2[N+](=O)[O-])C(=O)N1c1ccccc1. The van der Waals surface area contributed by atoms with E-state index in [4.69, 9.17) is 0 Å². The summed E-state index contributed by atoms with van der Waals surface area (Å²) in [5.74, 6) is -0.483. The van der Waals surface area contributed by atoms with Crippen LogP contribution in [0, 0.1) is 10.1 Å². The smallest absolute Gasteiger partial charge is 0.302 e. The lowest BCUT2D eigenvalue weighted by Crippen LogP contribution is -2.30. The Bertz CT molecular complexity index is 904. The molecule has 1 N–H and O–H groups in total. The van der Waals surface area contributed by atoms with Crippen LogP contribution < -0.4 is 10.2 Å². The Hall–Kier alpha value is -3.74. The molecule has 1 aliphatic heterocycles. The van der Waals surface area contributed by atoms with Gasteiger partial charge in [0.2, 0.25) is 0 Å². The minimum Gasteiger partial charge on any atom is -0.302 e. The van der Waals surface area contributed by atoms with Crippen molar-refractivity contribution in [3.63, 3.8) is 0 Å². The monoisotopic (exact) mass is 335 g/mol. The highest BCUT2D eigenvalue weighted by Gasteiger charge is 2.34. The first kappa shape index (κ1) is 16.1. The Kier molecular flexibility index (Phi) is 4.38. The number of allylic oxidation sites excluding steroid dienone is 2. The third-order valence-electron chi connectivity index (χ3n) is 3.56. The van der Waals surface area contributed by atoms with E-state index in [1.807, 2.05) is 0 Å². The molecule has 7 nitrogen and oxygen atoms in total. The molecule has 1 saturated heterocycles. The summed E-state index contributed by atoms with van der Waals surface area (Å²) < 4.78 is 0. The van der Waals surface area contributed by atoms with Crippen molar-refractivity contribution in [1.29, 1.82) is 0 Å². The van der Waals surface area contributed by atoms with Crippen LogP contribution in [0.5, 0.6) is 0 Å². The van der Waals surface area contributed by atoms with Gasteiger partial charge in [-0.2, -0.15) is 0 Å². The van der Waals surface area contributed by atoms with Crippen molar-refractivity contribution in [3.05, 3.63) is 88.1 Å². The van der Waals surface area contributed by atoms with Gasteiger partial charge in [0.15, 0.2) is 0 Å². The van der Waals surface area contributed by atoms with Gasteiger partial charge in [0.1, 0.15) is 5.70 Å². The quantitative estimate of drug-likeness (QED) is 0.402. The number of nitrogens with zero attached hydrogens (tertiary/aromatic N) is 2. The number of carbonyl (C=O) groups is 2. The molecule has 124 valence electrons. The van der Waals surface area contributed by atoms with Crippen LogP contribution >= 0.6 is 0 Å². The molecule has 25 heavy (non-hydrogen) atoms. The van der Waals surface area contributed by atoms with Crippen LogP contribution in [0.25, 0.3) is 6.08 Å². The molecule has 1 aliphatic rings. The van der Waals surface area contributed by atoms with Gasteiger partial charge in [0.25, 0.3) is 11.6 Å². The molecule has 0 unspecified atom stereocenters. The lowest BCUT2D eigenvalue weighted by atomic mass is 10.1. The van der Waals surface area contributed by atoms with Gasteiger partial charge in [-0.3, -0.25) is 14.9 Å². The molecule has 2 aromatic carbocycles. The minimum atomic E-state index is -0.540. The van der Waals surface area contributed by atoms with Crippen LogP contribution in [0.1, 0.15) is 5.56 Å². The van der Waals surface area contributed by atoms with E-state index in [9.17, 15) is 19.7 Å². The van der Waals surface area contributed by atoms with Gasteiger partial charge in [0.05, 0.1) is 16.2 Å². The summed E-state index contributed by atoms with van der Waals surface area (Å²) in [6, 6.07) is 14.3. The van der Waals surface area contributed by atoms with Crippen LogP contribution in [-0.2, 0) is 4.79 Å². The van der Waals surface area contributed by atoms with Crippen molar-refractivity contribution in [2.45, 2.75) is 0 Å². The maximum atomic E-state index is 12.4. The predicted molar refractivity (Wildman–Crippen MR) is 92.7 cm³/mol. The van der Waals surface area contributed by atoms with Crippen LogP contribution in [0.2, 0.25) is 0 Å². The van der Waals surface area contributed by atoms with Crippen molar-refractivity contribution in [2.24, 2.45) is 0 Å². The first-order chi connectivity index (χ1) is 12.1. The standard InChI is InChI=1S/C18H13N3O4/c22-17-15(19-18(23)20(17)14-9-2-1-3-10-14)11-6-8-13-7-4-5-12-16(13)21(24)25/h1-12H,(H,19,23). The summed E-state index contributed by atoms with van der Waals surface area (Å²) in [6.45, 7) is 0. The van der Waals surface area contributed by atoms with Gasteiger partial charge in [-0.25, -0.2) is 9.69 Å². The maximum Gasteiger partial charge on any atom is 0.333 e. The fourth-order valence-corrected chi connectivity index (χ4v) is 2.40. The van der Waals surface area contributed by atoms with Crippen molar-refractivity contribution >= 4 is 29.4 Å². The number of imide groups is 1. The number of nitro groups is 1. The largest absolute Gasteiger partial charge is 0.333 e. The van der Waals surface area contributed by atoms with E-state index in [-0.39, 0.29) is 11.4 Å². The number of urea groups is 1. The topological polar surface area (TPSA) is 92.5 Å². The number of nitro benzene ring substituents is 1. The van der Waals surface area contributed by atoms with E-state index >= 15 is 0 Å². The first-order valence-corrected chi connectivity index (χ1v) is 7.40. The summed E-state index contributed by atoms with van der Waals surface area (Å²) in [6.07, 6.45) is 4.42. The Morgan fingerprint density at radius 2 is 1.68 bits per heavy atom. The molecule has 0 spiro atoms. The Balaban J connectivity index is 1.83. The molecule has 2 aromatic rings. The highest BCUT2D eigenvalue weighted by Crippen LogP contribution is 2.21. The lowest BCUT2D eigenvalue weighted by molar-refractivity contribution is -0.385. The fraction of sp³-hybridized carbons (Fsp3) is 0. The molecule has 3 rings (SSSR count). The summed E-state index contributed by atoms with van der Waals surface area (Å²) in [5.41, 5.74) is 0.936. The second-order valence-electron chi connectivity index (χ2n) is 5.16. The van der Waals surface area contributed by atoms with E-state index in [0.29, 0.717) is 11.3 Å². The van der Waals surface area contributed by atoms with Gasteiger partial charge >= 0.3 is 6.03 Å². The number of para-hydroxylation sites is 2. The zero-order chi connectivity index (χ0) is 17.8. The van der Waals surface area contributed by atoms with Crippen LogP contribution in [-0.4, -0.2) is 16.9 Å². The molecule has 1 fully saturated rings. The first-order valence-electron chi connectivity index (χ1n) is 7.40. The van der Waals surface area contributed by atoms with Crippen LogP contribution in [0.15, 0.2) is 72.4 Å². The molecule has 0 atom stereocenters. The molecular formula is C18H13N3O4. The molecule has 0 saturated carbocycles. The highest BCUT2D eigenvalue weighted by atomic mass is 16.6. The van der Waals surface area contributed by atoms with Crippen molar-refractivity contribution in [3.8, 4) is 0 Å². The van der Waals surface area contributed by atoms with Crippen molar-refractivity contribution in [1.82, 2.24) is 5.32 Å². The second-order valence-corrected chi connectivity index (χ2v) is 5.16. The molecule has 0 aromatic heterocycles. The zero-order valence-electron chi connectivity index (χ0n) is 13.0. The fourth-order valence-electron chi connectivity index (χ4n) is 2.40. The minimum absolute atomic E-state index is 0.0372. The number of amides is 3. The number of hydrogen-bond donors (Lipinski definition) is 1.